The standard InChI is InChI=1S/C14H14S/c1-14(2)9-10-7-8-15-13(10)11-5-3-4-6-12(11)14/h3-8H,9H2,1-2H3. The van der Waals surface area contributed by atoms with Gasteiger partial charge in [-0.15, -0.1) is 11.3 Å². The zero-order valence-electron chi connectivity index (χ0n) is 9.08. The van der Waals surface area contributed by atoms with E-state index in [4.69, 9.17) is 0 Å². The van der Waals surface area contributed by atoms with E-state index in [0.717, 1.165) is 0 Å². The molecule has 15 heavy (non-hydrogen) atoms. The van der Waals surface area contributed by atoms with E-state index in [1.54, 1.807) is 0 Å². The SMILES string of the molecule is CC1(C)Cc2ccsc2-c2ccccc21. The Morgan fingerprint density at radius 3 is 2.80 bits per heavy atom. The smallest absolute Gasteiger partial charge is 0.0378 e. The Morgan fingerprint density at radius 2 is 1.93 bits per heavy atom. The van der Waals surface area contributed by atoms with Crippen LogP contribution in [0.2, 0.25) is 0 Å². The molecule has 0 N–H and O–H groups in total. The normalized spacial score (nSPS) is 16.9. The van der Waals surface area contributed by atoms with Gasteiger partial charge in [-0.3, -0.25) is 0 Å². The number of rotatable bonds is 0. The molecule has 0 bridgehead atoms. The molecule has 1 heterocycles. The Labute approximate surface area is 94.6 Å². The van der Waals surface area contributed by atoms with Crippen molar-refractivity contribution in [3.8, 4) is 10.4 Å². The fourth-order valence-electron chi connectivity index (χ4n) is 2.55. The van der Waals surface area contributed by atoms with E-state index in [0.29, 0.717) is 0 Å². The first-order valence-electron chi connectivity index (χ1n) is 5.35. The largest absolute Gasteiger partial charge is 0.144 e. The van der Waals surface area contributed by atoms with E-state index in [1.807, 2.05) is 11.3 Å². The van der Waals surface area contributed by atoms with Crippen LogP contribution in [-0.2, 0) is 11.8 Å². The summed E-state index contributed by atoms with van der Waals surface area (Å²) >= 11 is 1.87. The van der Waals surface area contributed by atoms with Gasteiger partial charge >= 0.3 is 0 Å². The van der Waals surface area contributed by atoms with Crippen LogP contribution < -0.4 is 0 Å². The Hall–Kier alpha value is -1.08. The Bertz CT molecular complexity index is 506. The number of fused-ring (bicyclic) bond motifs is 3. The van der Waals surface area contributed by atoms with Gasteiger partial charge in [0.15, 0.2) is 0 Å². The highest BCUT2D eigenvalue weighted by molar-refractivity contribution is 7.13. The first-order valence-corrected chi connectivity index (χ1v) is 6.23. The van der Waals surface area contributed by atoms with Crippen molar-refractivity contribution in [2.45, 2.75) is 25.7 Å². The minimum atomic E-state index is 0.282. The lowest BCUT2D eigenvalue weighted by Gasteiger charge is -2.32. The third-order valence-corrected chi connectivity index (χ3v) is 4.27. The molecule has 1 aliphatic rings. The van der Waals surface area contributed by atoms with Crippen molar-refractivity contribution in [3.63, 3.8) is 0 Å². The van der Waals surface area contributed by atoms with Gasteiger partial charge < -0.3 is 0 Å². The van der Waals surface area contributed by atoms with Crippen LogP contribution in [-0.4, -0.2) is 0 Å². The number of thiophene rings is 1. The summed E-state index contributed by atoms with van der Waals surface area (Å²) in [6.45, 7) is 4.68. The molecule has 0 saturated heterocycles. The van der Waals surface area contributed by atoms with Gasteiger partial charge in [0.1, 0.15) is 0 Å². The summed E-state index contributed by atoms with van der Waals surface area (Å²) in [5.74, 6) is 0. The van der Waals surface area contributed by atoms with Crippen LogP contribution in [0.1, 0.15) is 25.0 Å². The van der Waals surface area contributed by atoms with Crippen LogP contribution in [0.4, 0.5) is 0 Å². The first-order chi connectivity index (χ1) is 7.18. The Morgan fingerprint density at radius 1 is 1.13 bits per heavy atom. The van der Waals surface area contributed by atoms with Gasteiger partial charge in [0.2, 0.25) is 0 Å². The van der Waals surface area contributed by atoms with Crippen molar-refractivity contribution in [2.24, 2.45) is 0 Å². The molecule has 2 aromatic rings. The van der Waals surface area contributed by atoms with Crippen molar-refractivity contribution < 1.29 is 0 Å². The van der Waals surface area contributed by atoms with Crippen molar-refractivity contribution in [1.29, 1.82) is 0 Å². The minimum absolute atomic E-state index is 0.282. The molecular weight excluding hydrogens is 200 g/mol. The lowest BCUT2D eigenvalue weighted by Crippen LogP contribution is -2.24. The highest BCUT2D eigenvalue weighted by atomic mass is 32.1. The van der Waals surface area contributed by atoms with Gasteiger partial charge in [-0.1, -0.05) is 38.1 Å². The maximum Gasteiger partial charge on any atom is 0.0378 e. The van der Waals surface area contributed by atoms with Gasteiger partial charge in [-0.05, 0) is 40.0 Å². The van der Waals surface area contributed by atoms with E-state index in [2.05, 4.69) is 49.6 Å². The second-order valence-corrected chi connectivity index (χ2v) is 5.80. The summed E-state index contributed by atoms with van der Waals surface area (Å²) in [4.78, 5) is 1.48. The average molecular weight is 214 g/mol. The van der Waals surface area contributed by atoms with E-state index in [9.17, 15) is 0 Å². The first kappa shape index (κ1) is 9.17. The average Bonchev–Trinajstić information content (AvgIpc) is 2.65. The molecule has 0 radical (unpaired) electrons. The molecule has 1 aromatic heterocycles. The van der Waals surface area contributed by atoms with E-state index < -0.39 is 0 Å². The third kappa shape index (κ3) is 1.26. The van der Waals surface area contributed by atoms with Gasteiger partial charge in [0.05, 0.1) is 0 Å². The summed E-state index contributed by atoms with van der Waals surface area (Å²) in [6.07, 6.45) is 1.17. The summed E-state index contributed by atoms with van der Waals surface area (Å²) in [5, 5.41) is 2.21. The molecule has 76 valence electrons. The van der Waals surface area contributed by atoms with Crippen molar-refractivity contribution >= 4 is 11.3 Å². The molecule has 0 amide bonds. The predicted octanol–water partition coefficient (Wildman–Crippen LogP) is 4.25. The quantitative estimate of drug-likeness (QED) is 0.615. The predicted molar refractivity (Wildman–Crippen MR) is 66.5 cm³/mol. The van der Waals surface area contributed by atoms with Gasteiger partial charge in [-0.2, -0.15) is 0 Å². The summed E-state index contributed by atoms with van der Waals surface area (Å²) in [6, 6.07) is 11.1. The zero-order valence-corrected chi connectivity index (χ0v) is 9.90. The highest BCUT2D eigenvalue weighted by Gasteiger charge is 2.30. The van der Waals surface area contributed by atoms with Crippen molar-refractivity contribution in [3.05, 3.63) is 46.8 Å². The molecule has 0 atom stereocenters. The second-order valence-electron chi connectivity index (χ2n) is 4.88. The molecular formula is C14H14S. The van der Waals surface area contributed by atoms with Crippen LogP contribution in [0.25, 0.3) is 10.4 Å². The number of benzene rings is 1. The lowest BCUT2D eigenvalue weighted by atomic mass is 9.73. The number of hydrogen-bond acceptors (Lipinski definition) is 1. The zero-order chi connectivity index (χ0) is 10.5. The fourth-order valence-corrected chi connectivity index (χ4v) is 3.52. The van der Waals surface area contributed by atoms with Gasteiger partial charge in [0.25, 0.3) is 0 Å². The molecule has 1 aromatic carbocycles. The van der Waals surface area contributed by atoms with E-state index >= 15 is 0 Å². The summed E-state index contributed by atoms with van der Waals surface area (Å²) in [7, 11) is 0. The number of hydrogen-bond donors (Lipinski definition) is 0. The van der Waals surface area contributed by atoms with E-state index in [-0.39, 0.29) is 5.41 Å². The van der Waals surface area contributed by atoms with Crippen LogP contribution in [0.3, 0.4) is 0 Å². The molecule has 0 fully saturated rings. The van der Waals surface area contributed by atoms with E-state index in [1.165, 1.54) is 28.0 Å². The third-order valence-electron chi connectivity index (χ3n) is 3.28. The monoisotopic (exact) mass is 214 g/mol. The van der Waals surface area contributed by atoms with Crippen LogP contribution in [0.15, 0.2) is 35.7 Å². The van der Waals surface area contributed by atoms with Crippen molar-refractivity contribution in [1.82, 2.24) is 0 Å². The summed E-state index contributed by atoms with van der Waals surface area (Å²) in [5.41, 5.74) is 4.74. The maximum absolute atomic E-state index is 2.34. The molecule has 0 nitrogen and oxygen atoms in total. The fraction of sp³-hybridized carbons (Fsp3) is 0.286. The highest BCUT2D eigenvalue weighted by Crippen LogP contribution is 2.45. The molecule has 1 aliphatic carbocycles. The molecule has 0 spiro atoms. The van der Waals surface area contributed by atoms with Gasteiger partial charge in [-0.25, -0.2) is 0 Å². The Balaban J connectivity index is 2.34. The molecule has 1 heteroatoms. The van der Waals surface area contributed by atoms with Crippen LogP contribution in [0, 0.1) is 0 Å². The topological polar surface area (TPSA) is 0 Å². The van der Waals surface area contributed by atoms with Crippen LogP contribution >= 0.6 is 11.3 Å². The molecule has 3 rings (SSSR count). The Kier molecular flexibility index (Phi) is 1.81. The molecule has 0 aliphatic heterocycles. The van der Waals surface area contributed by atoms with Crippen molar-refractivity contribution in [2.75, 3.05) is 0 Å². The second kappa shape index (κ2) is 2.96. The summed E-state index contributed by atoms with van der Waals surface area (Å²) < 4.78 is 0. The minimum Gasteiger partial charge on any atom is -0.144 e. The molecule has 0 unspecified atom stereocenters. The lowest BCUT2D eigenvalue weighted by molar-refractivity contribution is 0.518. The van der Waals surface area contributed by atoms with Crippen LogP contribution in [0.5, 0.6) is 0 Å². The van der Waals surface area contributed by atoms with Gasteiger partial charge in [0, 0.05) is 4.88 Å². The molecule has 0 saturated carbocycles. The maximum atomic E-state index is 2.34.